The number of halogens is 4. The lowest BCUT2D eigenvalue weighted by Crippen LogP contribution is -2.17. The van der Waals surface area contributed by atoms with Gasteiger partial charge in [0.2, 0.25) is 0 Å². The zero-order chi connectivity index (χ0) is 25.2. The third kappa shape index (κ3) is 6.16. The van der Waals surface area contributed by atoms with Crippen LogP contribution >= 0.6 is 22.9 Å². The summed E-state index contributed by atoms with van der Waals surface area (Å²) in [7, 11) is 0. The van der Waals surface area contributed by atoms with Gasteiger partial charge in [0.1, 0.15) is 10.0 Å². The van der Waals surface area contributed by atoms with Crippen molar-refractivity contribution < 1.29 is 33.0 Å². The lowest BCUT2D eigenvalue weighted by Gasteiger charge is -2.12. The second-order valence-electron chi connectivity index (χ2n) is 7.93. The van der Waals surface area contributed by atoms with E-state index in [2.05, 4.69) is 10.3 Å². The molecule has 0 aliphatic carbocycles. The van der Waals surface area contributed by atoms with E-state index in [1.54, 1.807) is 20.0 Å². The number of rotatable bonds is 8. The van der Waals surface area contributed by atoms with Crippen LogP contribution in [-0.2, 0) is 23.9 Å². The highest BCUT2D eigenvalue weighted by molar-refractivity contribution is 7.19. The number of thiazole rings is 1. The van der Waals surface area contributed by atoms with Crippen molar-refractivity contribution in [2.75, 3.05) is 5.32 Å². The van der Waals surface area contributed by atoms with Gasteiger partial charge in [0.05, 0.1) is 23.8 Å². The fraction of sp³-hybridized carbons (Fsp3) is 0.318. The molecule has 0 radical (unpaired) electrons. The average molecular weight is 516 g/mol. The fourth-order valence-electron chi connectivity index (χ4n) is 3.20. The van der Waals surface area contributed by atoms with Gasteiger partial charge in [-0.05, 0) is 35.2 Å². The van der Waals surface area contributed by atoms with E-state index >= 15 is 0 Å². The Morgan fingerprint density at radius 1 is 1.24 bits per heavy atom. The van der Waals surface area contributed by atoms with Gasteiger partial charge >= 0.3 is 12.1 Å². The summed E-state index contributed by atoms with van der Waals surface area (Å²) >= 11 is 6.91. The summed E-state index contributed by atoms with van der Waals surface area (Å²) in [6.07, 6.45) is -4.15. The Hall–Kier alpha value is -2.89. The van der Waals surface area contributed by atoms with Crippen LogP contribution < -0.4 is 5.32 Å². The van der Waals surface area contributed by atoms with Crippen molar-refractivity contribution in [3.63, 3.8) is 0 Å². The predicted molar refractivity (Wildman–Crippen MR) is 121 cm³/mol. The van der Waals surface area contributed by atoms with Gasteiger partial charge in [-0.2, -0.15) is 13.2 Å². The van der Waals surface area contributed by atoms with Gasteiger partial charge in [-0.15, -0.1) is 0 Å². The molecule has 0 aliphatic rings. The van der Waals surface area contributed by atoms with Crippen molar-refractivity contribution in [2.24, 2.45) is 5.92 Å². The van der Waals surface area contributed by atoms with E-state index < -0.39 is 36.1 Å². The van der Waals surface area contributed by atoms with Gasteiger partial charge in [0.15, 0.2) is 5.13 Å². The molecule has 1 aromatic carbocycles. The number of alkyl halides is 3. The van der Waals surface area contributed by atoms with Gasteiger partial charge in [0, 0.05) is 12.7 Å². The molecule has 3 aromatic rings. The number of anilines is 1. The Kier molecular flexibility index (Phi) is 7.69. The number of carbonyl (C=O) groups excluding carboxylic acids is 1. The molecule has 182 valence electrons. The van der Waals surface area contributed by atoms with Crippen molar-refractivity contribution in [2.45, 2.75) is 39.1 Å². The van der Waals surface area contributed by atoms with Crippen LogP contribution in [0.3, 0.4) is 0 Å². The zero-order valence-corrected chi connectivity index (χ0v) is 19.6. The number of benzene rings is 1. The maximum absolute atomic E-state index is 13.0. The van der Waals surface area contributed by atoms with Crippen LogP contribution in [0.15, 0.2) is 36.5 Å². The highest BCUT2D eigenvalue weighted by Gasteiger charge is 2.30. The summed E-state index contributed by atoms with van der Waals surface area (Å²) < 4.78 is 40.2. The Morgan fingerprint density at radius 3 is 2.44 bits per heavy atom. The first-order valence-electron chi connectivity index (χ1n) is 10.1. The fourth-order valence-corrected chi connectivity index (χ4v) is 4.23. The molecule has 1 unspecified atom stereocenters. The first-order valence-corrected chi connectivity index (χ1v) is 11.3. The van der Waals surface area contributed by atoms with Crippen LogP contribution in [0.4, 0.5) is 18.3 Å². The summed E-state index contributed by atoms with van der Waals surface area (Å²) in [6, 6.07) is 6.06. The van der Waals surface area contributed by atoms with Gasteiger partial charge in [-0.25, -0.2) is 4.98 Å². The molecule has 0 bridgehead atoms. The minimum Gasteiger partial charge on any atom is -0.481 e. The number of hydrogen-bond acceptors (Lipinski definition) is 5. The maximum atomic E-state index is 13.0. The molecule has 0 saturated heterocycles. The highest BCUT2D eigenvalue weighted by Crippen LogP contribution is 2.31. The lowest BCUT2D eigenvalue weighted by atomic mass is 10.0. The van der Waals surface area contributed by atoms with Gasteiger partial charge < -0.3 is 14.8 Å². The van der Waals surface area contributed by atoms with Crippen LogP contribution in [0, 0.1) is 5.92 Å². The number of aliphatic carboxylic acids is 1. The molecule has 3 N–H and O–H groups in total. The molecule has 1 atom stereocenters. The van der Waals surface area contributed by atoms with Gasteiger partial charge in [-0.3, -0.25) is 14.9 Å². The van der Waals surface area contributed by atoms with Crippen molar-refractivity contribution in [3.8, 4) is 0 Å². The maximum Gasteiger partial charge on any atom is 0.416 e. The van der Waals surface area contributed by atoms with Crippen LogP contribution in [-0.4, -0.2) is 31.6 Å². The quantitative estimate of drug-likeness (QED) is 0.381. The minimum atomic E-state index is -4.46. The summed E-state index contributed by atoms with van der Waals surface area (Å²) in [6.45, 7) is 3.69. The molecule has 0 fully saturated rings. The van der Waals surface area contributed by atoms with Gasteiger partial charge in [0.25, 0.3) is 5.91 Å². The molecule has 2 aromatic heterocycles. The van der Waals surface area contributed by atoms with E-state index in [1.807, 2.05) is 0 Å². The minimum absolute atomic E-state index is 0.0780. The molecule has 34 heavy (non-hydrogen) atoms. The second-order valence-corrected chi connectivity index (χ2v) is 9.54. The van der Waals surface area contributed by atoms with Crippen LogP contribution in [0.2, 0.25) is 4.34 Å². The van der Waals surface area contributed by atoms with Crippen LogP contribution in [0.1, 0.15) is 52.8 Å². The number of carbonyl (C=O) groups is 2. The van der Waals surface area contributed by atoms with E-state index in [0.29, 0.717) is 11.1 Å². The third-order valence-electron chi connectivity index (χ3n) is 4.95. The lowest BCUT2D eigenvalue weighted by molar-refractivity contribution is -0.138. The monoisotopic (exact) mass is 515 g/mol. The second kappa shape index (κ2) is 10.2. The number of nitrogens with one attached hydrogen (secondary N) is 1. The number of aliphatic hydroxyl groups excluding tert-OH is 1. The number of hydrogen-bond donors (Lipinski definition) is 3. The summed E-state index contributed by atoms with van der Waals surface area (Å²) in [4.78, 5) is 28.0. The molecular formula is C22H21ClF3N3O4S. The van der Waals surface area contributed by atoms with Crippen LogP contribution in [0.5, 0.6) is 0 Å². The summed E-state index contributed by atoms with van der Waals surface area (Å²) in [5, 5.41) is 22.1. The first kappa shape index (κ1) is 25.7. The first-order chi connectivity index (χ1) is 15.8. The summed E-state index contributed by atoms with van der Waals surface area (Å²) in [5.74, 6) is -1.86. The molecule has 1 amide bonds. The van der Waals surface area contributed by atoms with E-state index in [9.17, 15) is 27.9 Å². The van der Waals surface area contributed by atoms with Crippen molar-refractivity contribution >= 4 is 39.9 Å². The molecule has 7 nitrogen and oxygen atoms in total. The number of aliphatic hydroxyl groups is 1. The number of amides is 1. The number of carboxylic acids is 1. The molecule has 0 saturated carbocycles. The average Bonchev–Trinajstić information content (AvgIpc) is 3.30. The van der Waals surface area contributed by atoms with Crippen molar-refractivity contribution in [1.29, 1.82) is 0 Å². The van der Waals surface area contributed by atoms with Gasteiger partial charge in [-0.1, -0.05) is 48.9 Å². The Bertz CT molecular complexity index is 1190. The Balaban J connectivity index is 1.89. The van der Waals surface area contributed by atoms with E-state index in [1.165, 1.54) is 22.8 Å². The molecular weight excluding hydrogens is 495 g/mol. The van der Waals surface area contributed by atoms with E-state index in [4.69, 9.17) is 16.7 Å². The highest BCUT2D eigenvalue weighted by atomic mass is 35.5. The van der Waals surface area contributed by atoms with Crippen molar-refractivity contribution in [3.05, 3.63) is 68.9 Å². The van der Waals surface area contributed by atoms with E-state index in [0.717, 1.165) is 23.5 Å². The van der Waals surface area contributed by atoms with Crippen LogP contribution in [0.25, 0.3) is 0 Å². The largest absolute Gasteiger partial charge is 0.481 e. The molecule has 3 rings (SSSR count). The number of nitrogens with zero attached hydrogens (tertiary/aromatic N) is 2. The Labute approximate surface area is 201 Å². The van der Waals surface area contributed by atoms with E-state index in [-0.39, 0.29) is 33.3 Å². The number of aromatic nitrogens is 2. The van der Waals surface area contributed by atoms with Crippen molar-refractivity contribution in [1.82, 2.24) is 9.55 Å². The topological polar surface area (TPSA) is 104 Å². The normalized spacial score (nSPS) is 12.7. The number of carboxylic acid groups (broad SMARTS) is 1. The SMILES string of the molecule is CC(C)C(O)c1cc(C(=O)Nc2nc(CC(=O)O)c(Cl)s2)n(Cc2ccc(C(F)(F)F)cc2)c1. The molecule has 2 heterocycles. The smallest absolute Gasteiger partial charge is 0.416 e. The predicted octanol–water partition coefficient (Wildman–Crippen LogP) is 5.23. The summed E-state index contributed by atoms with van der Waals surface area (Å²) in [5.41, 5.74) is 0.460. The Morgan fingerprint density at radius 2 is 1.88 bits per heavy atom. The zero-order valence-electron chi connectivity index (χ0n) is 18.1. The molecule has 12 heteroatoms. The standard InChI is InChI=1S/C22H21ClF3N3O4S/c1-11(2)18(32)13-7-16(20(33)28-21-27-15(8-17(30)31)19(23)34-21)29(10-13)9-12-3-5-14(6-4-12)22(24,25)26/h3-7,10-11,18,32H,8-9H2,1-2H3,(H,30,31)(H,27,28,33). The molecule has 0 aliphatic heterocycles. The molecule has 0 spiro atoms. The third-order valence-corrected chi connectivity index (χ3v) is 6.20.